The molecule has 160 valence electrons. The normalized spacial score (nSPS) is 17.0. The van der Waals surface area contributed by atoms with E-state index in [0.717, 1.165) is 5.69 Å². The van der Waals surface area contributed by atoms with Crippen LogP contribution < -0.4 is 5.32 Å². The molecule has 2 aromatic carbocycles. The number of para-hydroxylation sites is 1. The number of fused-ring (bicyclic) bond motifs is 3. The number of hydrogen-bond donors (Lipinski definition) is 1. The van der Waals surface area contributed by atoms with E-state index in [-0.39, 0.29) is 22.2 Å². The monoisotopic (exact) mass is 438 g/mol. The Bertz CT molecular complexity index is 1260. The van der Waals surface area contributed by atoms with Crippen LogP contribution in [0.3, 0.4) is 0 Å². The number of amides is 1. The van der Waals surface area contributed by atoms with Gasteiger partial charge in [0.05, 0.1) is 40.9 Å². The largest absolute Gasteiger partial charge is 0.387 e. The van der Waals surface area contributed by atoms with Crippen molar-refractivity contribution >= 4 is 21.4 Å². The second-order valence-electron chi connectivity index (χ2n) is 7.52. The molecule has 0 radical (unpaired) electrons. The molecule has 5 rings (SSSR count). The van der Waals surface area contributed by atoms with E-state index in [2.05, 4.69) is 10.4 Å². The molecule has 1 saturated heterocycles. The molecule has 1 fully saturated rings. The number of sulfone groups is 1. The standard InChI is InChI=1S/C22H22N4O4S/c1-23-18-9-5-8-16-20-17(14-31(28,29)21(16)18)19(22(27)25-10-12-30-13-11-25)24-26(20)15-6-3-2-4-7-15/h2-9,23H,10-14H2,1H3. The number of benzene rings is 2. The average molecular weight is 439 g/mol. The van der Waals surface area contributed by atoms with E-state index in [0.29, 0.717) is 48.8 Å². The van der Waals surface area contributed by atoms with E-state index in [1.807, 2.05) is 30.3 Å². The lowest BCUT2D eigenvalue weighted by atomic mass is 10.0. The second kappa shape index (κ2) is 7.51. The van der Waals surface area contributed by atoms with Crippen LogP contribution in [0.4, 0.5) is 5.69 Å². The Hall–Kier alpha value is -3.17. The summed E-state index contributed by atoms with van der Waals surface area (Å²) in [4.78, 5) is 15.3. The van der Waals surface area contributed by atoms with Crippen molar-refractivity contribution in [2.45, 2.75) is 10.6 Å². The third-order valence-electron chi connectivity index (χ3n) is 5.67. The fourth-order valence-corrected chi connectivity index (χ4v) is 6.03. The van der Waals surface area contributed by atoms with Gasteiger partial charge in [-0.1, -0.05) is 30.3 Å². The smallest absolute Gasteiger partial charge is 0.274 e. The Morgan fingerprint density at radius 1 is 1.06 bits per heavy atom. The summed E-state index contributed by atoms with van der Waals surface area (Å²) in [6.45, 7) is 1.83. The van der Waals surface area contributed by atoms with Crippen LogP contribution in [0, 0.1) is 0 Å². The summed E-state index contributed by atoms with van der Waals surface area (Å²) in [7, 11) is -1.97. The van der Waals surface area contributed by atoms with Gasteiger partial charge in [0.2, 0.25) is 0 Å². The molecular formula is C22H22N4O4S. The zero-order chi connectivity index (χ0) is 21.6. The molecule has 31 heavy (non-hydrogen) atoms. The van der Waals surface area contributed by atoms with Crippen molar-refractivity contribution < 1.29 is 17.9 Å². The average Bonchev–Trinajstić information content (AvgIpc) is 3.18. The van der Waals surface area contributed by atoms with Gasteiger partial charge in [-0.2, -0.15) is 5.10 Å². The summed E-state index contributed by atoms with van der Waals surface area (Å²) in [5.41, 5.74) is 3.12. The van der Waals surface area contributed by atoms with Crippen LogP contribution in [0.25, 0.3) is 16.9 Å². The SMILES string of the molecule is CNc1cccc2c1S(=O)(=O)Cc1c(C(=O)N3CCOCC3)nn(-c3ccccc3)c1-2. The molecule has 0 bridgehead atoms. The van der Waals surface area contributed by atoms with Crippen LogP contribution in [0.15, 0.2) is 53.4 Å². The number of rotatable bonds is 3. The predicted molar refractivity (Wildman–Crippen MR) is 116 cm³/mol. The van der Waals surface area contributed by atoms with Crippen LogP contribution >= 0.6 is 0 Å². The Balaban J connectivity index is 1.78. The Morgan fingerprint density at radius 2 is 1.81 bits per heavy atom. The Morgan fingerprint density at radius 3 is 2.52 bits per heavy atom. The molecule has 0 aliphatic carbocycles. The van der Waals surface area contributed by atoms with Crippen molar-refractivity contribution in [3.05, 3.63) is 59.8 Å². The van der Waals surface area contributed by atoms with Gasteiger partial charge < -0.3 is 15.0 Å². The second-order valence-corrected chi connectivity index (χ2v) is 9.45. The van der Waals surface area contributed by atoms with E-state index in [1.165, 1.54) is 0 Å². The topological polar surface area (TPSA) is 93.5 Å². The molecule has 8 nitrogen and oxygen atoms in total. The van der Waals surface area contributed by atoms with E-state index in [9.17, 15) is 13.2 Å². The summed E-state index contributed by atoms with van der Waals surface area (Å²) >= 11 is 0. The Kier molecular flexibility index (Phi) is 4.79. The van der Waals surface area contributed by atoms with Crippen LogP contribution in [0.1, 0.15) is 16.1 Å². The molecule has 2 aliphatic heterocycles. The van der Waals surface area contributed by atoms with Gasteiger partial charge in [-0.05, 0) is 18.2 Å². The van der Waals surface area contributed by atoms with E-state index in [4.69, 9.17) is 4.74 Å². The van der Waals surface area contributed by atoms with Gasteiger partial charge in [0.1, 0.15) is 0 Å². The summed E-state index contributed by atoms with van der Waals surface area (Å²) in [6.07, 6.45) is 0. The van der Waals surface area contributed by atoms with Crippen molar-refractivity contribution in [2.75, 3.05) is 38.7 Å². The number of nitrogens with one attached hydrogen (secondary N) is 1. The maximum absolute atomic E-state index is 13.3. The van der Waals surface area contributed by atoms with Gasteiger partial charge in [-0.3, -0.25) is 4.79 Å². The summed E-state index contributed by atoms with van der Waals surface area (Å²) in [5, 5.41) is 7.64. The third kappa shape index (κ3) is 3.21. The maximum atomic E-state index is 13.3. The van der Waals surface area contributed by atoms with Crippen molar-refractivity contribution in [2.24, 2.45) is 0 Å². The van der Waals surface area contributed by atoms with Crippen LogP contribution in [-0.4, -0.2) is 62.4 Å². The highest BCUT2D eigenvalue weighted by molar-refractivity contribution is 7.91. The van der Waals surface area contributed by atoms with Crippen LogP contribution in [0.2, 0.25) is 0 Å². The molecule has 9 heteroatoms. The molecule has 3 heterocycles. The first-order valence-corrected chi connectivity index (χ1v) is 11.7. The van der Waals surface area contributed by atoms with Gasteiger partial charge >= 0.3 is 0 Å². The van der Waals surface area contributed by atoms with Gasteiger partial charge in [-0.15, -0.1) is 0 Å². The summed E-state index contributed by atoms with van der Waals surface area (Å²) < 4.78 is 33.6. The van der Waals surface area contributed by atoms with Crippen molar-refractivity contribution in [3.8, 4) is 16.9 Å². The lowest BCUT2D eigenvalue weighted by Gasteiger charge is -2.26. The number of aromatic nitrogens is 2. The van der Waals surface area contributed by atoms with Crippen LogP contribution in [0.5, 0.6) is 0 Å². The van der Waals surface area contributed by atoms with E-state index < -0.39 is 9.84 Å². The highest BCUT2D eigenvalue weighted by atomic mass is 32.2. The van der Waals surface area contributed by atoms with E-state index >= 15 is 0 Å². The van der Waals surface area contributed by atoms with Gasteiger partial charge in [-0.25, -0.2) is 13.1 Å². The molecule has 3 aromatic rings. The first-order chi connectivity index (χ1) is 15.0. The molecule has 1 amide bonds. The molecule has 0 saturated carbocycles. The number of morpholine rings is 1. The molecule has 0 spiro atoms. The minimum atomic E-state index is -3.67. The minimum absolute atomic E-state index is 0.185. The zero-order valence-electron chi connectivity index (χ0n) is 17.0. The fourth-order valence-electron chi connectivity index (χ4n) is 4.23. The summed E-state index contributed by atoms with van der Waals surface area (Å²) in [5.74, 6) is -0.538. The number of carbonyl (C=O) groups is 1. The van der Waals surface area contributed by atoms with Crippen molar-refractivity contribution in [1.82, 2.24) is 14.7 Å². The minimum Gasteiger partial charge on any atom is -0.387 e. The molecule has 0 atom stereocenters. The third-order valence-corrected chi connectivity index (χ3v) is 7.40. The zero-order valence-corrected chi connectivity index (χ0v) is 17.9. The molecule has 1 N–H and O–H groups in total. The number of hydrogen-bond acceptors (Lipinski definition) is 6. The first kappa shape index (κ1) is 19.8. The van der Waals surface area contributed by atoms with E-state index in [1.54, 1.807) is 34.8 Å². The van der Waals surface area contributed by atoms with Crippen molar-refractivity contribution in [1.29, 1.82) is 0 Å². The van der Waals surface area contributed by atoms with Crippen molar-refractivity contribution in [3.63, 3.8) is 0 Å². The van der Waals surface area contributed by atoms with Gasteiger partial charge in [0.15, 0.2) is 15.5 Å². The highest BCUT2D eigenvalue weighted by Gasteiger charge is 2.38. The molecule has 1 aromatic heterocycles. The maximum Gasteiger partial charge on any atom is 0.274 e. The number of anilines is 1. The predicted octanol–water partition coefficient (Wildman–Crippen LogP) is 2.34. The van der Waals surface area contributed by atoms with Gasteiger partial charge in [0.25, 0.3) is 5.91 Å². The fraction of sp³-hybridized carbons (Fsp3) is 0.273. The quantitative estimate of drug-likeness (QED) is 0.675. The van der Waals surface area contributed by atoms with Crippen LogP contribution in [-0.2, 0) is 20.3 Å². The number of ether oxygens (including phenoxy) is 1. The lowest BCUT2D eigenvalue weighted by molar-refractivity contribution is 0.0298. The summed E-state index contributed by atoms with van der Waals surface area (Å²) in [6, 6.07) is 14.8. The molecule has 2 aliphatic rings. The number of nitrogens with zero attached hydrogens (tertiary/aromatic N) is 3. The first-order valence-electron chi connectivity index (χ1n) is 10.1. The Labute approximate surface area is 180 Å². The van der Waals surface area contributed by atoms with Gasteiger partial charge in [0, 0.05) is 31.3 Å². The highest BCUT2D eigenvalue weighted by Crippen LogP contribution is 2.43. The molecule has 0 unspecified atom stereocenters. The lowest BCUT2D eigenvalue weighted by Crippen LogP contribution is -2.41. The molecular weight excluding hydrogens is 416 g/mol. The number of carbonyl (C=O) groups excluding carboxylic acids is 1.